The predicted molar refractivity (Wildman–Crippen MR) is 78.6 cm³/mol. The van der Waals surface area contributed by atoms with E-state index in [-0.39, 0.29) is 19.1 Å². The zero-order chi connectivity index (χ0) is 16.7. The van der Waals surface area contributed by atoms with Crippen LogP contribution < -0.4 is 10.1 Å². The molecule has 0 radical (unpaired) electrons. The summed E-state index contributed by atoms with van der Waals surface area (Å²) in [5.74, 6) is 0.330. The number of nitrogens with one attached hydrogen (secondary N) is 1. The molecule has 0 bridgehead atoms. The molecule has 23 heavy (non-hydrogen) atoms. The Bertz CT molecular complexity index is 668. The number of methoxy groups -OCH3 is 1. The molecule has 0 saturated heterocycles. The zero-order valence-electron chi connectivity index (χ0n) is 12.9. The third-order valence-corrected chi connectivity index (χ3v) is 3.01. The summed E-state index contributed by atoms with van der Waals surface area (Å²) < 4.78 is 11.7. The van der Waals surface area contributed by atoms with Gasteiger partial charge in [0.2, 0.25) is 0 Å². The van der Waals surface area contributed by atoms with Gasteiger partial charge in [-0.3, -0.25) is 9.59 Å². The Morgan fingerprint density at radius 1 is 1.26 bits per heavy atom. The maximum atomic E-state index is 11.8. The predicted octanol–water partition coefficient (Wildman–Crippen LogP) is 0.175. The first-order chi connectivity index (χ1) is 11.1. The SMILES string of the molecule is CCn1nnnc1COc1ccc(C(=O)NCC(=O)OC)cc1. The molecule has 0 aliphatic heterocycles. The van der Waals surface area contributed by atoms with Gasteiger partial charge in [-0.05, 0) is 41.6 Å². The van der Waals surface area contributed by atoms with Crippen LogP contribution in [0.15, 0.2) is 24.3 Å². The van der Waals surface area contributed by atoms with Gasteiger partial charge in [-0.2, -0.15) is 0 Å². The summed E-state index contributed by atoms with van der Waals surface area (Å²) in [4.78, 5) is 22.8. The number of benzene rings is 1. The first-order valence-corrected chi connectivity index (χ1v) is 6.97. The molecule has 9 nitrogen and oxygen atoms in total. The summed E-state index contributed by atoms with van der Waals surface area (Å²) in [5, 5.41) is 13.7. The van der Waals surface area contributed by atoms with Crippen molar-refractivity contribution in [3.05, 3.63) is 35.7 Å². The number of carbonyl (C=O) groups excluding carboxylic acids is 2. The number of hydrogen-bond donors (Lipinski definition) is 1. The number of hydrogen-bond acceptors (Lipinski definition) is 7. The number of rotatable bonds is 7. The molecule has 2 aromatic rings. The van der Waals surface area contributed by atoms with Gasteiger partial charge in [0.1, 0.15) is 18.9 Å². The smallest absolute Gasteiger partial charge is 0.325 e. The van der Waals surface area contributed by atoms with Crippen molar-refractivity contribution in [1.82, 2.24) is 25.5 Å². The minimum absolute atomic E-state index is 0.173. The van der Waals surface area contributed by atoms with E-state index >= 15 is 0 Å². The molecule has 1 amide bonds. The van der Waals surface area contributed by atoms with E-state index in [1.54, 1.807) is 28.9 Å². The van der Waals surface area contributed by atoms with Gasteiger partial charge in [0.05, 0.1) is 7.11 Å². The third-order valence-electron chi connectivity index (χ3n) is 3.01. The molecule has 0 spiro atoms. The number of ether oxygens (including phenoxy) is 2. The van der Waals surface area contributed by atoms with Crippen molar-refractivity contribution in [2.24, 2.45) is 0 Å². The van der Waals surface area contributed by atoms with Crippen molar-refractivity contribution in [1.29, 1.82) is 0 Å². The van der Waals surface area contributed by atoms with Gasteiger partial charge in [-0.1, -0.05) is 0 Å². The standard InChI is InChI=1S/C14H17N5O4/c1-3-19-12(16-17-18-19)9-23-11-6-4-10(5-7-11)14(21)15-8-13(20)22-2/h4-7H,3,8-9H2,1-2H3,(H,15,21). The highest BCUT2D eigenvalue weighted by atomic mass is 16.5. The van der Waals surface area contributed by atoms with E-state index in [0.29, 0.717) is 23.7 Å². The number of carbonyl (C=O) groups is 2. The van der Waals surface area contributed by atoms with Gasteiger partial charge in [0.15, 0.2) is 5.82 Å². The fourth-order valence-electron chi connectivity index (χ4n) is 1.75. The summed E-state index contributed by atoms with van der Waals surface area (Å²) in [6, 6.07) is 6.52. The molecular formula is C14H17N5O4. The number of amides is 1. The van der Waals surface area contributed by atoms with E-state index in [1.807, 2.05) is 6.92 Å². The summed E-state index contributed by atoms with van der Waals surface area (Å²) in [6.07, 6.45) is 0. The Morgan fingerprint density at radius 2 is 2.00 bits per heavy atom. The van der Waals surface area contributed by atoms with Crippen molar-refractivity contribution >= 4 is 11.9 Å². The lowest BCUT2D eigenvalue weighted by Crippen LogP contribution is -2.30. The van der Waals surface area contributed by atoms with Crippen LogP contribution in [0.1, 0.15) is 23.1 Å². The van der Waals surface area contributed by atoms with Crippen LogP contribution in [0.5, 0.6) is 5.75 Å². The molecule has 0 aliphatic carbocycles. The molecule has 0 aliphatic rings. The van der Waals surface area contributed by atoms with E-state index in [4.69, 9.17) is 4.74 Å². The molecule has 0 unspecified atom stereocenters. The number of aromatic nitrogens is 4. The molecule has 1 N–H and O–H groups in total. The van der Waals surface area contributed by atoms with Crippen molar-refractivity contribution in [2.75, 3.05) is 13.7 Å². The van der Waals surface area contributed by atoms with Crippen LogP contribution in [-0.4, -0.2) is 45.7 Å². The summed E-state index contributed by atoms with van der Waals surface area (Å²) in [7, 11) is 1.26. The highest BCUT2D eigenvalue weighted by molar-refractivity contribution is 5.95. The highest BCUT2D eigenvalue weighted by Gasteiger charge is 2.09. The Kier molecular flexibility index (Phi) is 5.61. The van der Waals surface area contributed by atoms with Crippen molar-refractivity contribution in [3.63, 3.8) is 0 Å². The van der Waals surface area contributed by atoms with Crippen LogP contribution in [0.25, 0.3) is 0 Å². The average molecular weight is 319 g/mol. The average Bonchev–Trinajstić information content (AvgIpc) is 3.05. The van der Waals surface area contributed by atoms with E-state index in [2.05, 4.69) is 25.6 Å². The van der Waals surface area contributed by atoms with E-state index in [0.717, 1.165) is 0 Å². The van der Waals surface area contributed by atoms with E-state index in [9.17, 15) is 9.59 Å². The van der Waals surface area contributed by atoms with Gasteiger partial charge in [0, 0.05) is 12.1 Å². The van der Waals surface area contributed by atoms with Crippen LogP contribution in [0.3, 0.4) is 0 Å². The molecule has 1 aromatic carbocycles. The van der Waals surface area contributed by atoms with E-state index < -0.39 is 5.97 Å². The Labute approximate surface area is 132 Å². The fourth-order valence-corrected chi connectivity index (χ4v) is 1.75. The Morgan fingerprint density at radius 3 is 2.65 bits per heavy atom. The molecule has 1 aromatic heterocycles. The van der Waals surface area contributed by atoms with Crippen molar-refractivity contribution in [2.45, 2.75) is 20.1 Å². The summed E-state index contributed by atoms with van der Waals surface area (Å²) in [6.45, 7) is 2.65. The summed E-state index contributed by atoms with van der Waals surface area (Å²) >= 11 is 0. The second-order valence-corrected chi connectivity index (χ2v) is 4.48. The second-order valence-electron chi connectivity index (χ2n) is 4.48. The molecular weight excluding hydrogens is 302 g/mol. The van der Waals surface area contributed by atoms with Crippen LogP contribution in [0, 0.1) is 0 Å². The van der Waals surface area contributed by atoms with Crippen LogP contribution in [0.2, 0.25) is 0 Å². The Balaban J connectivity index is 1.89. The fraction of sp³-hybridized carbons (Fsp3) is 0.357. The topological polar surface area (TPSA) is 108 Å². The van der Waals surface area contributed by atoms with Gasteiger partial charge in [-0.15, -0.1) is 5.10 Å². The number of nitrogens with zero attached hydrogens (tertiary/aromatic N) is 4. The maximum absolute atomic E-state index is 11.8. The van der Waals surface area contributed by atoms with Gasteiger partial charge in [0.25, 0.3) is 5.91 Å². The monoisotopic (exact) mass is 319 g/mol. The van der Waals surface area contributed by atoms with Gasteiger partial charge in [-0.25, -0.2) is 4.68 Å². The molecule has 0 atom stereocenters. The lowest BCUT2D eigenvalue weighted by Gasteiger charge is -2.07. The highest BCUT2D eigenvalue weighted by Crippen LogP contribution is 2.13. The summed E-state index contributed by atoms with van der Waals surface area (Å²) in [5.41, 5.74) is 0.416. The lowest BCUT2D eigenvalue weighted by atomic mass is 10.2. The van der Waals surface area contributed by atoms with Crippen LogP contribution >= 0.6 is 0 Å². The van der Waals surface area contributed by atoms with Gasteiger partial charge < -0.3 is 14.8 Å². The lowest BCUT2D eigenvalue weighted by molar-refractivity contribution is -0.139. The first kappa shape index (κ1) is 16.4. The van der Waals surface area contributed by atoms with Crippen LogP contribution in [0.4, 0.5) is 0 Å². The molecule has 9 heteroatoms. The quantitative estimate of drug-likeness (QED) is 0.725. The van der Waals surface area contributed by atoms with Gasteiger partial charge >= 0.3 is 5.97 Å². The van der Waals surface area contributed by atoms with Crippen molar-refractivity contribution in [3.8, 4) is 5.75 Å². The second kappa shape index (κ2) is 7.87. The number of aryl methyl sites for hydroxylation is 1. The minimum Gasteiger partial charge on any atom is -0.486 e. The molecule has 1 heterocycles. The molecule has 122 valence electrons. The largest absolute Gasteiger partial charge is 0.486 e. The first-order valence-electron chi connectivity index (χ1n) is 6.97. The van der Waals surface area contributed by atoms with Crippen molar-refractivity contribution < 1.29 is 19.1 Å². The number of esters is 1. The maximum Gasteiger partial charge on any atom is 0.325 e. The number of tetrazole rings is 1. The minimum atomic E-state index is -0.507. The molecule has 2 rings (SSSR count). The third kappa shape index (κ3) is 4.50. The zero-order valence-corrected chi connectivity index (χ0v) is 12.9. The molecule has 0 saturated carbocycles. The Hall–Kier alpha value is -2.97. The normalized spacial score (nSPS) is 10.2. The van der Waals surface area contributed by atoms with E-state index in [1.165, 1.54) is 7.11 Å². The van der Waals surface area contributed by atoms with Crippen LogP contribution in [-0.2, 0) is 22.7 Å². The molecule has 0 fully saturated rings.